The maximum atomic E-state index is 6.16. The van der Waals surface area contributed by atoms with Gasteiger partial charge in [-0.2, -0.15) is 0 Å². The van der Waals surface area contributed by atoms with Gasteiger partial charge < -0.3 is 10.1 Å². The van der Waals surface area contributed by atoms with Crippen molar-refractivity contribution in [3.63, 3.8) is 0 Å². The SMILES string of the molecule is CCc1ccc2c(c1)C(NCc1ccccc1)CC(C)(C)O2. The lowest BCUT2D eigenvalue weighted by Gasteiger charge is -2.38. The van der Waals surface area contributed by atoms with Crippen molar-refractivity contribution in [1.29, 1.82) is 0 Å². The predicted octanol–water partition coefficient (Wildman–Crippen LogP) is 4.64. The van der Waals surface area contributed by atoms with E-state index in [1.165, 1.54) is 16.7 Å². The molecule has 116 valence electrons. The summed E-state index contributed by atoms with van der Waals surface area (Å²) in [6.45, 7) is 7.42. The fraction of sp³-hybridized carbons (Fsp3) is 0.400. The van der Waals surface area contributed by atoms with Gasteiger partial charge in [-0.3, -0.25) is 0 Å². The zero-order chi connectivity index (χ0) is 15.6. The van der Waals surface area contributed by atoms with E-state index in [4.69, 9.17) is 4.74 Å². The van der Waals surface area contributed by atoms with Gasteiger partial charge in [-0.05, 0) is 37.5 Å². The summed E-state index contributed by atoms with van der Waals surface area (Å²) in [7, 11) is 0. The number of hydrogen-bond donors (Lipinski definition) is 1. The van der Waals surface area contributed by atoms with Crippen molar-refractivity contribution >= 4 is 0 Å². The van der Waals surface area contributed by atoms with Gasteiger partial charge in [-0.25, -0.2) is 0 Å². The minimum absolute atomic E-state index is 0.130. The highest BCUT2D eigenvalue weighted by Crippen LogP contribution is 2.40. The summed E-state index contributed by atoms with van der Waals surface area (Å²) in [6, 6.07) is 17.5. The summed E-state index contributed by atoms with van der Waals surface area (Å²) < 4.78 is 6.16. The van der Waals surface area contributed by atoms with Crippen molar-refractivity contribution in [1.82, 2.24) is 5.32 Å². The standard InChI is InChI=1S/C20H25NO/c1-4-15-10-11-19-17(12-15)18(13-20(2,3)22-19)21-14-16-8-6-5-7-9-16/h5-12,18,21H,4,13-14H2,1-3H3. The Balaban J connectivity index is 1.84. The van der Waals surface area contributed by atoms with Crippen LogP contribution in [0.5, 0.6) is 5.75 Å². The lowest BCUT2D eigenvalue weighted by atomic mass is 9.88. The molecule has 0 spiro atoms. The van der Waals surface area contributed by atoms with Crippen LogP contribution >= 0.6 is 0 Å². The highest BCUT2D eigenvalue weighted by Gasteiger charge is 2.33. The Morgan fingerprint density at radius 3 is 2.59 bits per heavy atom. The van der Waals surface area contributed by atoms with Crippen molar-refractivity contribution in [2.45, 2.75) is 51.8 Å². The van der Waals surface area contributed by atoms with E-state index < -0.39 is 0 Å². The lowest BCUT2D eigenvalue weighted by Crippen LogP contribution is -2.39. The summed E-state index contributed by atoms with van der Waals surface area (Å²) in [5.41, 5.74) is 3.86. The van der Waals surface area contributed by atoms with E-state index in [9.17, 15) is 0 Å². The molecule has 0 saturated heterocycles. The third kappa shape index (κ3) is 3.33. The molecule has 1 atom stereocenters. The van der Waals surface area contributed by atoms with Crippen LogP contribution in [0, 0.1) is 0 Å². The fourth-order valence-electron chi connectivity index (χ4n) is 3.14. The summed E-state index contributed by atoms with van der Waals surface area (Å²) in [5, 5.41) is 3.72. The molecular weight excluding hydrogens is 270 g/mol. The first-order chi connectivity index (χ1) is 10.6. The van der Waals surface area contributed by atoms with Gasteiger partial charge in [0.25, 0.3) is 0 Å². The number of nitrogens with one attached hydrogen (secondary N) is 1. The minimum Gasteiger partial charge on any atom is -0.487 e. The molecule has 0 fully saturated rings. The van der Waals surface area contributed by atoms with Gasteiger partial charge in [0.2, 0.25) is 0 Å². The molecule has 22 heavy (non-hydrogen) atoms. The quantitative estimate of drug-likeness (QED) is 0.887. The fourth-order valence-corrected chi connectivity index (χ4v) is 3.14. The molecule has 0 amide bonds. The molecule has 2 nitrogen and oxygen atoms in total. The summed E-state index contributed by atoms with van der Waals surface area (Å²) >= 11 is 0. The van der Waals surface area contributed by atoms with Crippen molar-refractivity contribution in [3.8, 4) is 5.75 Å². The molecule has 1 N–H and O–H groups in total. The normalized spacial score (nSPS) is 19.3. The van der Waals surface area contributed by atoms with Crippen LogP contribution in [0.1, 0.15) is 49.9 Å². The first kappa shape index (κ1) is 15.1. The molecule has 2 aromatic carbocycles. The lowest BCUT2D eigenvalue weighted by molar-refractivity contribution is 0.0656. The Hall–Kier alpha value is -1.80. The van der Waals surface area contributed by atoms with Gasteiger partial charge in [0.15, 0.2) is 0 Å². The summed E-state index contributed by atoms with van der Waals surface area (Å²) in [5.74, 6) is 1.03. The van der Waals surface area contributed by atoms with Crippen molar-refractivity contribution in [2.75, 3.05) is 0 Å². The molecule has 0 aliphatic carbocycles. The number of rotatable bonds is 4. The summed E-state index contributed by atoms with van der Waals surface area (Å²) in [6.07, 6.45) is 2.04. The highest BCUT2D eigenvalue weighted by molar-refractivity contribution is 5.42. The predicted molar refractivity (Wildman–Crippen MR) is 91.2 cm³/mol. The monoisotopic (exact) mass is 295 g/mol. The van der Waals surface area contributed by atoms with Gasteiger partial charge in [-0.15, -0.1) is 0 Å². The van der Waals surface area contributed by atoms with E-state index in [-0.39, 0.29) is 5.60 Å². The molecule has 0 aromatic heterocycles. The van der Waals surface area contributed by atoms with E-state index in [0.29, 0.717) is 6.04 Å². The minimum atomic E-state index is -0.130. The van der Waals surface area contributed by atoms with Gasteiger partial charge in [0.05, 0.1) is 0 Å². The Bertz CT molecular complexity index is 633. The van der Waals surface area contributed by atoms with Crippen LogP contribution in [0.2, 0.25) is 0 Å². The molecule has 2 heteroatoms. The second-order valence-electron chi connectivity index (χ2n) is 6.71. The first-order valence-corrected chi connectivity index (χ1v) is 8.16. The van der Waals surface area contributed by atoms with Crippen molar-refractivity contribution in [3.05, 3.63) is 65.2 Å². The number of ether oxygens (including phenoxy) is 1. The van der Waals surface area contributed by atoms with Gasteiger partial charge >= 0.3 is 0 Å². The average Bonchev–Trinajstić information content (AvgIpc) is 2.52. The van der Waals surface area contributed by atoms with Crippen LogP contribution in [-0.4, -0.2) is 5.60 Å². The number of benzene rings is 2. The zero-order valence-electron chi connectivity index (χ0n) is 13.7. The molecule has 1 aliphatic rings. The molecule has 1 aliphatic heterocycles. The maximum Gasteiger partial charge on any atom is 0.124 e. The van der Waals surface area contributed by atoms with E-state index in [0.717, 1.165) is 25.1 Å². The summed E-state index contributed by atoms with van der Waals surface area (Å²) in [4.78, 5) is 0. The van der Waals surface area contributed by atoms with Gasteiger partial charge in [0.1, 0.15) is 11.4 Å². The van der Waals surface area contributed by atoms with Crippen LogP contribution in [0.15, 0.2) is 48.5 Å². The van der Waals surface area contributed by atoms with Gasteiger partial charge in [-0.1, -0.05) is 49.4 Å². The molecule has 3 rings (SSSR count). The van der Waals surface area contributed by atoms with E-state index in [1.54, 1.807) is 0 Å². The highest BCUT2D eigenvalue weighted by atomic mass is 16.5. The molecule has 0 radical (unpaired) electrons. The molecular formula is C20H25NO. The smallest absolute Gasteiger partial charge is 0.124 e. The van der Waals surface area contributed by atoms with Crippen LogP contribution in [0.4, 0.5) is 0 Å². The molecule has 0 bridgehead atoms. The van der Waals surface area contributed by atoms with Crippen LogP contribution < -0.4 is 10.1 Å². The molecule has 1 unspecified atom stereocenters. The van der Waals surface area contributed by atoms with Crippen LogP contribution in [0.3, 0.4) is 0 Å². The van der Waals surface area contributed by atoms with Crippen LogP contribution in [-0.2, 0) is 13.0 Å². The molecule has 2 aromatic rings. The average molecular weight is 295 g/mol. The van der Waals surface area contributed by atoms with Crippen molar-refractivity contribution in [2.24, 2.45) is 0 Å². The third-order valence-corrected chi connectivity index (χ3v) is 4.34. The third-order valence-electron chi connectivity index (χ3n) is 4.34. The molecule has 1 heterocycles. The Kier molecular flexibility index (Phi) is 4.21. The maximum absolute atomic E-state index is 6.16. The second-order valence-corrected chi connectivity index (χ2v) is 6.71. The Morgan fingerprint density at radius 1 is 1.09 bits per heavy atom. The van der Waals surface area contributed by atoms with Gasteiger partial charge in [0, 0.05) is 24.6 Å². The van der Waals surface area contributed by atoms with Crippen LogP contribution in [0.25, 0.3) is 0 Å². The topological polar surface area (TPSA) is 21.3 Å². The van der Waals surface area contributed by atoms with E-state index in [2.05, 4.69) is 74.6 Å². The number of aryl methyl sites for hydroxylation is 1. The number of hydrogen-bond acceptors (Lipinski definition) is 2. The van der Waals surface area contributed by atoms with E-state index >= 15 is 0 Å². The zero-order valence-corrected chi connectivity index (χ0v) is 13.7. The number of fused-ring (bicyclic) bond motifs is 1. The largest absolute Gasteiger partial charge is 0.487 e. The second kappa shape index (κ2) is 6.13. The molecule has 0 saturated carbocycles. The van der Waals surface area contributed by atoms with Crippen molar-refractivity contribution < 1.29 is 4.74 Å². The Labute approximate surface area is 133 Å². The first-order valence-electron chi connectivity index (χ1n) is 8.16. The van der Waals surface area contributed by atoms with E-state index in [1.807, 2.05) is 0 Å². The Morgan fingerprint density at radius 2 is 1.86 bits per heavy atom.